The van der Waals surface area contributed by atoms with Crippen LogP contribution in [0.25, 0.3) is 22.8 Å². The number of rotatable bonds is 9. The summed E-state index contributed by atoms with van der Waals surface area (Å²) in [4.78, 5) is 17.1. The molecule has 3 aromatic rings. The number of amides is 1. The third-order valence-corrected chi connectivity index (χ3v) is 4.21. The third-order valence-electron chi connectivity index (χ3n) is 4.21. The molecule has 0 aliphatic heterocycles. The predicted octanol–water partition coefficient (Wildman–Crippen LogP) is 3.96. The quantitative estimate of drug-likeness (QED) is 0.552. The Kier molecular flexibility index (Phi) is 6.97. The first kappa shape index (κ1) is 20.5. The lowest BCUT2D eigenvalue weighted by Gasteiger charge is -2.09. The lowest BCUT2D eigenvalue weighted by Crippen LogP contribution is -2.26. The molecule has 0 bridgehead atoms. The van der Waals surface area contributed by atoms with Crippen LogP contribution < -0.4 is 10.1 Å². The molecule has 1 N–H and O–H groups in total. The average Bonchev–Trinajstić information content (AvgIpc) is 3.23. The van der Waals surface area contributed by atoms with Crippen molar-refractivity contribution in [3.8, 4) is 28.6 Å². The monoisotopic (exact) mass is 395 g/mol. The van der Waals surface area contributed by atoms with Crippen molar-refractivity contribution in [1.29, 1.82) is 0 Å². The zero-order valence-corrected chi connectivity index (χ0v) is 16.8. The number of benzene rings is 2. The van der Waals surface area contributed by atoms with Gasteiger partial charge in [-0.05, 0) is 44.5 Å². The summed E-state index contributed by atoms with van der Waals surface area (Å²) in [5.74, 6) is 1.23. The number of nitrogens with zero attached hydrogens (tertiary/aromatic N) is 2. The fourth-order valence-electron chi connectivity index (χ4n) is 2.77. The Balaban J connectivity index is 1.73. The van der Waals surface area contributed by atoms with Gasteiger partial charge in [0, 0.05) is 18.7 Å². The summed E-state index contributed by atoms with van der Waals surface area (Å²) in [7, 11) is 1.60. The summed E-state index contributed by atoms with van der Waals surface area (Å²) in [6.45, 7) is 5.10. The number of carbonyl (C=O) groups is 1. The van der Waals surface area contributed by atoms with Crippen LogP contribution in [0.2, 0.25) is 0 Å². The second-order valence-corrected chi connectivity index (χ2v) is 6.73. The highest BCUT2D eigenvalue weighted by Gasteiger charge is 2.18. The van der Waals surface area contributed by atoms with Crippen molar-refractivity contribution >= 4 is 5.91 Å². The van der Waals surface area contributed by atoms with Crippen LogP contribution in [0.4, 0.5) is 0 Å². The first-order valence-corrected chi connectivity index (χ1v) is 9.56. The summed E-state index contributed by atoms with van der Waals surface area (Å²) in [5.41, 5.74) is 1.84. The molecule has 7 nitrogen and oxygen atoms in total. The Bertz CT molecular complexity index is 952. The SMILES string of the molecule is COc1cccc(-c2noc(-c3ccccc3C(=O)NCCCOC(C)C)n2)c1. The Morgan fingerprint density at radius 1 is 1.17 bits per heavy atom. The van der Waals surface area contributed by atoms with Crippen molar-refractivity contribution in [2.45, 2.75) is 26.4 Å². The zero-order valence-electron chi connectivity index (χ0n) is 16.8. The summed E-state index contributed by atoms with van der Waals surface area (Å²) >= 11 is 0. The highest BCUT2D eigenvalue weighted by atomic mass is 16.5. The van der Waals surface area contributed by atoms with Crippen LogP contribution in [0.1, 0.15) is 30.6 Å². The predicted molar refractivity (Wildman–Crippen MR) is 110 cm³/mol. The third kappa shape index (κ3) is 5.42. The largest absolute Gasteiger partial charge is 0.497 e. The highest BCUT2D eigenvalue weighted by Crippen LogP contribution is 2.26. The van der Waals surface area contributed by atoms with Gasteiger partial charge in [-0.25, -0.2) is 0 Å². The maximum absolute atomic E-state index is 12.6. The van der Waals surface area contributed by atoms with E-state index in [1.54, 1.807) is 25.3 Å². The summed E-state index contributed by atoms with van der Waals surface area (Å²) in [6.07, 6.45) is 0.926. The zero-order chi connectivity index (χ0) is 20.6. The minimum atomic E-state index is -0.189. The molecule has 3 rings (SSSR count). The maximum Gasteiger partial charge on any atom is 0.259 e. The molecule has 0 unspecified atom stereocenters. The van der Waals surface area contributed by atoms with Gasteiger partial charge in [0.15, 0.2) is 0 Å². The first-order chi connectivity index (χ1) is 14.1. The molecular formula is C22H25N3O4. The molecule has 0 spiro atoms. The minimum absolute atomic E-state index is 0.183. The molecule has 1 aromatic heterocycles. The fraction of sp³-hybridized carbons (Fsp3) is 0.318. The molecule has 0 saturated heterocycles. The second kappa shape index (κ2) is 9.84. The van der Waals surface area contributed by atoms with Crippen LogP contribution in [-0.4, -0.2) is 42.4 Å². The molecule has 1 heterocycles. The van der Waals surface area contributed by atoms with Crippen LogP contribution in [0.5, 0.6) is 5.75 Å². The van der Waals surface area contributed by atoms with Gasteiger partial charge in [-0.15, -0.1) is 0 Å². The second-order valence-electron chi connectivity index (χ2n) is 6.73. The number of ether oxygens (including phenoxy) is 2. The van der Waals surface area contributed by atoms with E-state index in [9.17, 15) is 4.79 Å². The summed E-state index contributed by atoms with van der Waals surface area (Å²) in [6, 6.07) is 14.6. The molecule has 0 fully saturated rings. The van der Waals surface area contributed by atoms with Crippen molar-refractivity contribution in [2.24, 2.45) is 0 Å². The molecule has 0 aliphatic carbocycles. The van der Waals surface area contributed by atoms with Gasteiger partial charge in [0.1, 0.15) is 5.75 Å². The number of methoxy groups -OCH3 is 1. The van der Waals surface area contributed by atoms with Gasteiger partial charge >= 0.3 is 0 Å². The van der Waals surface area contributed by atoms with E-state index < -0.39 is 0 Å². The molecule has 2 aromatic carbocycles. The van der Waals surface area contributed by atoms with Gasteiger partial charge in [-0.2, -0.15) is 4.98 Å². The van der Waals surface area contributed by atoms with E-state index in [2.05, 4.69) is 15.5 Å². The normalized spacial score (nSPS) is 10.9. The molecule has 0 saturated carbocycles. The van der Waals surface area contributed by atoms with Gasteiger partial charge in [-0.3, -0.25) is 4.79 Å². The Hall–Kier alpha value is -3.19. The van der Waals surface area contributed by atoms with Crippen molar-refractivity contribution in [3.63, 3.8) is 0 Å². The van der Waals surface area contributed by atoms with Gasteiger partial charge < -0.3 is 19.3 Å². The van der Waals surface area contributed by atoms with E-state index in [0.717, 1.165) is 12.0 Å². The number of hydrogen-bond acceptors (Lipinski definition) is 6. The van der Waals surface area contributed by atoms with Gasteiger partial charge in [-0.1, -0.05) is 29.4 Å². The van der Waals surface area contributed by atoms with Crippen molar-refractivity contribution < 1.29 is 18.8 Å². The lowest BCUT2D eigenvalue weighted by atomic mass is 10.1. The van der Waals surface area contributed by atoms with Crippen LogP contribution in [0, 0.1) is 0 Å². The van der Waals surface area contributed by atoms with Gasteiger partial charge in [0.2, 0.25) is 5.82 Å². The topological polar surface area (TPSA) is 86.5 Å². The van der Waals surface area contributed by atoms with E-state index in [-0.39, 0.29) is 17.9 Å². The average molecular weight is 395 g/mol. The van der Waals surface area contributed by atoms with Crippen molar-refractivity contribution in [1.82, 2.24) is 15.5 Å². The molecule has 1 amide bonds. The molecular weight excluding hydrogens is 370 g/mol. The summed E-state index contributed by atoms with van der Waals surface area (Å²) < 4.78 is 16.2. The molecule has 152 valence electrons. The maximum atomic E-state index is 12.6. The fourth-order valence-corrected chi connectivity index (χ4v) is 2.77. The smallest absolute Gasteiger partial charge is 0.259 e. The lowest BCUT2D eigenvalue weighted by molar-refractivity contribution is 0.0757. The van der Waals surface area contributed by atoms with Gasteiger partial charge in [0.25, 0.3) is 11.8 Å². The van der Waals surface area contributed by atoms with E-state index in [1.807, 2.05) is 44.2 Å². The van der Waals surface area contributed by atoms with Crippen LogP contribution in [0.15, 0.2) is 53.1 Å². The van der Waals surface area contributed by atoms with E-state index in [4.69, 9.17) is 14.0 Å². The molecule has 0 aliphatic rings. The first-order valence-electron chi connectivity index (χ1n) is 9.56. The Labute approximate surface area is 170 Å². The number of nitrogens with one attached hydrogen (secondary N) is 1. The highest BCUT2D eigenvalue weighted by molar-refractivity contribution is 6.00. The summed E-state index contributed by atoms with van der Waals surface area (Å²) in [5, 5.41) is 6.96. The van der Waals surface area contributed by atoms with Crippen molar-refractivity contribution in [2.75, 3.05) is 20.3 Å². The molecule has 29 heavy (non-hydrogen) atoms. The number of carbonyl (C=O) groups excluding carboxylic acids is 1. The van der Waals surface area contributed by atoms with Crippen molar-refractivity contribution in [3.05, 3.63) is 54.1 Å². The number of hydrogen-bond donors (Lipinski definition) is 1. The number of aromatic nitrogens is 2. The van der Waals surface area contributed by atoms with Crippen LogP contribution in [0.3, 0.4) is 0 Å². The van der Waals surface area contributed by atoms with Crippen LogP contribution in [-0.2, 0) is 4.74 Å². The standard InChI is InChI=1S/C22H25N3O4/c1-15(2)28-13-7-12-23-21(26)18-10-4-5-11-19(18)22-24-20(25-29-22)16-8-6-9-17(14-16)27-3/h4-6,8-11,14-15H,7,12-13H2,1-3H3,(H,23,26). The molecule has 0 atom stereocenters. The minimum Gasteiger partial charge on any atom is -0.497 e. The Morgan fingerprint density at radius 2 is 2.00 bits per heavy atom. The Morgan fingerprint density at radius 3 is 2.79 bits per heavy atom. The van der Waals surface area contributed by atoms with E-state index in [1.165, 1.54) is 0 Å². The molecule has 7 heteroatoms. The molecule has 0 radical (unpaired) electrons. The van der Waals surface area contributed by atoms with Crippen LogP contribution >= 0.6 is 0 Å². The van der Waals surface area contributed by atoms with E-state index >= 15 is 0 Å². The van der Waals surface area contributed by atoms with Gasteiger partial charge in [0.05, 0.1) is 24.3 Å². The van der Waals surface area contributed by atoms with E-state index in [0.29, 0.717) is 35.9 Å².